The first-order chi connectivity index (χ1) is 9.08. The van der Waals surface area contributed by atoms with Gasteiger partial charge in [-0.1, -0.05) is 12.1 Å². The van der Waals surface area contributed by atoms with Gasteiger partial charge in [0, 0.05) is 6.54 Å². The third-order valence-electron chi connectivity index (χ3n) is 2.30. The van der Waals surface area contributed by atoms with E-state index in [1.807, 2.05) is 6.07 Å². The van der Waals surface area contributed by atoms with Crippen molar-refractivity contribution in [2.45, 2.75) is 13.0 Å². The van der Waals surface area contributed by atoms with Gasteiger partial charge in [-0.25, -0.2) is 4.79 Å². The number of esters is 1. The molecule has 0 aliphatic carbocycles. The van der Waals surface area contributed by atoms with Crippen molar-refractivity contribution in [1.29, 1.82) is 5.26 Å². The molecule has 5 heteroatoms. The molecule has 98 valence electrons. The molecule has 1 rings (SSSR count). The highest BCUT2D eigenvalue weighted by Gasteiger charge is 2.18. The van der Waals surface area contributed by atoms with E-state index in [4.69, 9.17) is 10.00 Å². The molecular formula is C14H14N2O3. The average molecular weight is 258 g/mol. The Hall–Kier alpha value is -2.61. The summed E-state index contributed by atoms with van der Waals surface area (Å²) in [6.07, 6.45) is 0.626. The van der Waals surface area contributed by atoms with E-state index < -0.39 is 18.0 Å². The standard InChI is InChI=1S/C14H14N2O3/c1-3-7-16-13(17)10(2)19-14(18)12-6-4-5-11(8-12)9-15/h3-6,8,10H,1,7H2,2H3,(H,16,17)/t10-/m1/s1. The van der Waals surface area contributed by atoms with Gasteiger partial charge < -0.3 is 10.1 Å². The Kier molecular flexibility index (Phi) is 5.30. The van der Waals surface area contributed by atoms with Crippen LogP contribution in [0.5, 0.6) is 0 Å². The highest BCUT2D eigenvalue weighted by Crippen LogP contribution is 2.07. The van der Waals surface area contributed by atoms with Gasteiger partial charge in [-0.05, 0) is 25.1 Å². The van der Waals surface area contributed by atoms with Crippen LogP contribution in [-0.2, 0) is 9.53 Å². The fourth-order valence-electron chi connectivity index (χ4n) is 1.31. The van der Waals surface area contributed by atoms with Crippen LogP contribution in [0.1, 0.15) is 22.8 Å². The molecule has 0 radical (unpaired) electrons. The Bertz CT molecular complexity index is 532. The molecule has 1 atom stereocenters. The molecule has 0 spiro atoms. The molecule has 1 aromatic rings. The molecule has 1 N–H and O–H groups in total. The third-order valence-corrected chi connectivity index (χ3v) is 2.30. The minimum absolute atomic E-state index is 0.238. The number of carbonyl (C=O) groups is 2. The molecule has 0 saturated heterocycles. The van der Waals surface area contributed by atoms with Crippen molar-refractivity contribution in [1.82, 2.24) is 5.32 Å². The number of rotatable bonds is 5. The summed E-state index contributed by atoms with van der Waals surface area (Å²) in [6.45, 7) is 5.25. The summed E-state index contributed by atoms with van der Waals surface area (Å²) in [5.41, 5.74) is 0.598. The molecule has 0 fully saturated rings. The zero-order valence-corrected chi connectivity index (χ0v) is 10.6. The van der Waals surface area contributed by atoms with E-state index in [9.17, 15) is 9.59 Å². The summed E-state index contributed by atoms with van der Waals surface area (Å²) in [6, 6.07) is 8.03. The maximum Gasteiger partial charge on any atom is 0.338 e. The van der Waals surface area contributed by atoms with Gasteiger partial charge in [0.1, 0.15) is 0 Å². The van der Waals surface area contributed by atoms with Crippen molar-refractivity contribution in [3.63, 3.8) is 0 Å². The summed E-state index contributed by atoms with van der Waals surface area (Å²) in [5.74, 6) is -1.04. The second-order valence-electron chi connectivity index (χ2n) is 3.77. The summed E-state index contributed by atoms with van der Waals surface area (Å²) in [4.78, 5) is 23.3. The summed E-state index contributed by atoms with van der Waals surface area (Å²) in [7, 11) is 0. The van der Waals surface area contributed by atoms with Crippen LogP contribution in [0.3, 0.4) is 0 Å². The van der Waals surface area contributed by atoms with Crippen LogP contribution in [-0.4, -0.2) is 24.5 Å². The van der Waals surface area contributed by atoms with Gasteiger partial charge in [-0.15, -0.1) is 6.58 Å². The molecule has 0 aliphatic rings. The predicted octanol–water partition coefficient (Wildman–Crippen LogP) is 1.41. The third kappa shape index (κ3) is 4.28. The molecular weight excluding hydrogens is 244 g/mol. The van der Waals surface area contributed by atoms with Gasteiger partial charge in [0.05, 0.1) is 17.2 Å². The van der Waals surface area contributed by atoms with Crippen molar-refractivity contribution < 1.29 is 14.3 Å². The van der Waals surface area contributed by atoms with E-state index in [2.05, 4.69) is 11.9 Å². The van der Waals surface area contributed by atoms with E-state index in [1.54, 1.807) is 12.1 Å². The van der Waals surface area contributed by atoms with Gasteiger partial charge in [0.2, 0.25) is 0 Å². The van der Waals surface area contributed by atoms with Crippen molar-refractivity contribution in [3.8, 4) is 6.07 Å². The van der Waals surface area contributed by atoms with E-state index in [0.29, 0.717) is 12.1 Å². The molecule has 1 aromatic carbocycles. The van der Waals surface area contributed by atoms with E-state index in [-0.39, 0.29) is 5.56 Å². The monoisotopic (exact) mass is 258 g/mol. The normalized spacial score (nSPS) is 10.9. The van der Waals surface area contributed by atoms with Crippen molar-refractivity contribution >= 4 is 11.9 Å². The number of ether oxygens (including phenoxy) is 1. The molecule has 0 aliphatic heterocycles. The van der Waals surface area contributed by atoms with Crippen LogP contribution in [0.4, 0.5) is 0 Å². The lowest BCUT2D eigenvalue weighted by atomic mass is 10.1. The number of nitrogens with zero attached hydrogens (tertiary/aromatic N) is 1. The number of carbonyl (C=O) groups excluding carboxylic acids is 2. The maximum absolute atomic E-state index is 11.8. The first-order valence-corrected chi connectivity index (χ1v) is 5.68. The van der Waals surface area contributed by atoms with Crippen LogP contribution in [0.15, 0.2) is 36.9 Å². The molecule has 0 saturated carbocycles. The van der Waals surface area contributed by atoms with Crippen LogP contribution < -0.4 is 5.32 Å². The predicted molar refractivity (Wildman–Crippen MR) is 69.2 cm³/mol. The molecule has 19 heavy (non-hydrogen) atoms. The topological polar surface area (TPSA) is 79.2 Å². The smallest absolute Gasteiger partial charge is 0.338 e. The zero-order chi connectivity index (χ0) is 14.3. The van der Waals surface area contributed by atoms with Crippen LogP contribution in [0, 0.1) is 11.3 Å². The van der Waals surface area contributed by atoms with Gasteiger partial charge in [0.15, 0.2) is 6.10 Å². The molecule has 0 heterocycles. The minimum atomic E-state index is -0.904. The highest BCUT2D eigenvalue weighted by molar-refractivity contribution is 5.92. The van der Waals surface area contributed by atoms with Gasteiger partial charge in [-0.2, -0.15) is 5.26 Å². The van der Waals surface area contributed by atoms with Crippen LogP contribution in [0.2, 0.25) is 0 Å². The van der Waals surface area contributed by atoms with Crippen molar-refractivity contribution in [3.05, 3.63) is 48.0 Å². The van der Waals surface area contributed by atoms with Gasteiger partial charge in [0.25, 0.3) is 5.91 Å². The van der Waals surface area contributed by atoms with Gasteiger partial charge in [-0.3, -0.25) is 4.79 Å². The fraction of sp³-hybridized carbons (Fsp3) is 0.214. The molecule has 0 aromatic heterocycles. The Labute approximate surface area is 111 Å². The Morgan fingerprint density at radius 1 is 1.58 bits per heavy atom. The second kappa shape index (κ2) is 6.97. The Morgan fingerprint density at radius 2 is 2.32 bits per heavy atom. The van der Waals surface area contributed by atoms with Crippen molar-refractivity contribution in [2.24, 2.45) is 0 Å². The summed E-state index contributed by atoms with van der Waals surface area (Å²) < 4.78 is 5.00. The fourth-order valence-corrected chi connectivity index (χ4v) is 1.31. The van der Waals surface area contributed by atoms with Crippen LogP contribution in [0.25, 0.3) is 0 Å². The van der Waals surface area contributed by atoms with Crippen LogP contribution >= 0.6 is 0 Å². The Balaban J connectivity index is 2.66. The minimum Gasteiger partial charge on any atom is -0.449 e. The maximum atomic E-state index is 11.8. The first-order valence-electron chi connectivity index (χ1n) is 5.68. The number of hydrogen-bond acceptors (Lipinski definition) is 4. The number of benzene rings is 1. The number of hydrogen-bond donors (Lipinski definition) is 1. The molecule has 0 unspecified atom stereocenters. The summed E-state index contributed by atoms with van der Waals surface area (Å²) >= 11 is 0. The van der Waals surface area contributed by atoms with E-state index >= 15 is 0 Å². The number of nitrogens with one attached hydrogen (secondary N) is 1. The second-order valence-corrected chi connectivity index (χ2v) is 3.77. The van der Waals surface area contributed by atoms with E-state index in [1.165, 1.54) is 25.1 Å². The van der Waals surface area contributed by atoms with E-state index in [0.717, 1.165) is 0 Å². The quantitative estimate of drug-likeness (QED) is 0.639. The van der Waals surface area contributed by atoms with Gasteiger partial charge >= 0.3 is 5.97 Å². The SMILES string of the molecule is C=CCNC(=O)[C@@H](C)OC(=O)c1cccc(C#N)c1. The lowest BCUT2D eigenvalue weighted by Gasteiger charge is -2.12. The first kappa shape index (κ1) is 14.5. The number of nitriles is 1. The van der Waals surface area contributed by atoms with Crippen molar-refractivity contribution in [2.75, 3.05) is 6.54 Å². The molecule has 0 bridgehead atoms. The largest absolute Gasteiger partial charge is 0.449 e. The lowest BCUT2D eigenvalue weighted by molar-refractivity contribution is -0.128. The molecule has 1 amide bonds. The molecule has 5 nitrogen and oxygen atoms in total. The zero-order valence-electron chi connectivity index (χ0n) is 10.6. The number of amides is 1. The highest BCUT2D eigenvalue weighted by atomic mass is 16.5. The summed E-state index contributed by atoms with van der Waals surface area (Å²) in [5, 5.41) is 11.3. The Morgan fingerprint density at radius 3 is 2.95 bits per heavy atom. The lowest BCUT2D eigenvalue weighted by Crippen LogP contribution is -2.35. The average Bonchev–Trinajstić information content (AvgIpc) is 2.44.